The number of aromatic nitrogens is 1. The van der Waals surface area contributed by atoms with E-state index >= 15 is 0 Å². The molecule has 5 heteroatoms. The third-order valence-electron chi connectivity index (χ3n) is 2.14. The Bertz CT molecular complexity index is 325. The maximum atomic E-state index is 10.9. The lowest BCUT2D eigenvalue weighted by molar-refractivity contribution is 0.530. The molecular formula is C10H18N2OS2. The lowest BCUT2D eigenvalue weighted by Crippen LogP contribution is -2.27. The van der Waals surface area contributed by atoms with E-state index in [1.807, 2.05) is 6.92 Å². The molecule has 0 saturated heterocycles. The Morgan fingerprint density at radius 1 is 1.67 bits per heavy atom. The second kappa shape index (κ2) is 6.35. The number of thiazole rings is 1. The molecule has 0 aliphatic rings. The van der Waals surface area contributed by atoms with Crippen molar-refractivity contribution in [3.05, 3.63) is 16.1 Å². The van der Waals surface area contributed by atoms with E-state index in [0.717, 1.165) is 29.4 Å². The quantitative estimate of drug-likeness (QED) is 0.830. The van der Waals surface area contributed by atoms with Gasteiger partial charge in [0.2, 0.25) is 0 Å². The zero-order chi connectivity index (χ0) is 11.3. The van der Waals surface area contributed by atoms with Crippen LogP contribution in [0.15, 0.2) is 5.38 Å². The first-order valence-electron chi connectivity index (χ1n) is 5.02. The Hall–Kier alpha value is -0.260. The second-order valence-electron chi connectivity index (χ2n) is 3.71. The third kappa shape index (κ3) is 5.39. The number of hydrogen-bond donors (Lipinski definition) is 1. The molecule has 1 aromatic rings. The van der Waals surface area contributed by atoms with E-state index < -0.39 is 10.8 Å². The van der Waals surface area contributed by atoms with Crippen LogP contribution in [-0.4, -0.2) is 27.2 Å². The first-order chi connectivity index (χ1) is 7.08. The Balaban J connectivity index is 2.22. The van der Waals surface area contributed by atoms with Gasteiger partial charge in [-0.15, -0.1) is 11.3 Å². The SMILES string of the molecule is Cc1nc(CNC(C)CCS(C)=O)cs1. The summed E-state index contributed by atoms with van der Waals surface area (Å²) in [4.78, 5) is 4.37. The van der Waals surface area contributed by atoms with Crippen LogP contribution in [0.3, 0.4) is 0 Å². The second-order valence-corrected chi connectivity index (χ2v) is 6.32. The van der Waals surface area contributed by atoms with Gasteiger partial charge in [0.05, 0.1) is 10.7 Å². The normalized spacial score (nSPS) is 15.1. The summed E-state index contributed by atoms with van der Waals surface area (Å²) in [5.41, 5.74) is 1.10. The van der Waals surface area contributed by atoms with Crippen LogP contribution in [0.5, 0.6) is 0 Å². The molecule has 0 amide bonds. The summed E-state index contributed by atoms with van der Waals surface area (Å²) < 4.78 is 10.9. The molecule has 0 spiro atoms. The maximum absolute atomic E-state index is 10.9. The van der Waals surface area contributed by atoms with Gasteiger partial charge in [0.15, 0.2) is 0 Å². The highest BCUT2D eigenvalue weighted by atomic mass is 32.2. The van der Waals surface area contributed by atoms with Crippen molar-refractivity contribution in [3.63, 3.8) is 0 Å². The van der Waals surface area contributed by atoms with Crippen LogP contribution in [-0.2, 0) is 17.3 Å². The third-order valence-corrected chi connectivity index (χ3v) is 3.77. The number of nitrogens with one attached hydrogen (secondary N) is 1. The Labute approximate surface area is 97.8 Å². The smallest absolute Gasteiger partial charge is 0.0897 e. The maximum Gasteiger partial charge on any atom is 0.0897 e. The van der Waals surface area contributed by atoms with Crippen LogP contribution < -0.4 is 5.32 Å². The summed E-state index contributed by atoms with van der Waals surface area (Å²) in [6.07, 6.45) is 2.70. The Morgan fingerprint density at radius 3 is 2.93 bits per heavy atom. The minimum atomic E-state index is -0.684. The molecule has 1 aromatic heterocycles. The highest BCUT2D eigenvalue weighted by Gasteiger charge is 2.04. The van der Waals surface area contributed by atoms with Crippen LogP contribution in [0, 0.1) is 6.92 Å². The summed E-state index contributed by atoms with van der Waals surface area (Å²) in [6, 6.07) is 0.399. The van der Waals surface area contributed by atoms with Gasteiger partial charge in [-0.25, -0.2) is 4.98 Å². The molecule has 1 heterocycles. The topological polar surface area (TPSA) is 42.0 Å². The molecule has 0 aliphatic heterocycles. The van der Waals surface area contributed by atoms with Gasteiger partial charge in [-0.2, -0.15) is 0 Å². The number of aryl methyl sites for hydroxylation is 1. The monoisotopic (exact) mass is 246 g/mol. The first-order valence-corrected chi connectivity index (χ1v) is 7.63. The molecule has 0 aromatic carbocycles. The molecule has 86 valence electrons. The van der Waals surface area contributed by atoms with E-state index in [1.54, 1.807) is 17.6 Å². The summed E-state index contributed by atoms with van der Waals surface area (Å²) in [6.45, 7) is 4.94. The fourth-order valence-corrected chi connectivity index (χ4v) is 2.51. The average molecular weight is 246 g/mol. The molecule has 3 nitrogen and oxygen atoms in total. The molecule has 1 N–H and O–H groups in total. The Kier molecular flexibility index (Phi) is 5.42. The molecule has 0 saturated carbocycles. The van der Waals surface area contributed by atoms with Gasteiger partial charge >= 0.3 is 0 Å². The number of rotatable bonds is 6. The minimum absolute atomic E-state index is 0.399. The van der Waals surface area contributed by atoms with Crippen LogP contribution in [0.25, 0.3) is 0 Å². The van der Waals surface area contributed by atoms with E-state index in [9.17, 15) is 4.21 Å². The van der Waals surface area contributed by atoms with Crippen molar-refractivity contribution in [3.8, 4) is 0 Å². The van der Waals surface area contributed by atoms with Crippen LogP contribution in [0.2, 0.25) is 0 Å². The molecule has 15 heavy (non-hydrogen) atoms. The highest BCUT2D eigenvalue weighted by molar-refractivity contribution is 7.84. The van der Waals surface area contributed by atoms with Crippen molar-refractivity contribution < 1.29 is 4.21 Å². The summed E-state index contributed by atoms with van der Waals surface area (Å²) >= 11 is 1.67. The molecule has 1 rings (SSSR count). The number of nitrogens with zero attached hydrogens (tertiary/aromatic N) is 1. The largest absolute Gasteiger partial charge is 0.309 e. The first kappa shape index (κ1) is 12.8. The van der Waals surface area contributed by atoms with Gasteiger partial charge in [0.25, 0.3) is 0 Å². The zero-order valence-corrected chi connectivity index (χ0v) is 11.1. The van der Waals surface area contributed by atoms with Crippen LogP contribution in [0.1, 0.15) is 24.0 Å². The molecule has 2 unspecified atom stereocenters. The van der Waals surface area contributed by atoms with Crippen molar-refractivity contribution in [1.82, 2.24) is 10.3 Å². The molecule has 2 atom stereocenters. The molecule has 0 aliphatic carbocycles. The van der Waals surface area contributed by atoms with Crippen molar-refractivity contribution in [2.75, 3.05) is 12.0 Å². The highest BCUT2D eigenvalue weighted by Crippen LogP contribution is 2.07. The van der Waals surface area contributed by atoms with Crippen molar-refractivity contribution in [1.29, 1.82) is 0 Å². The molecule has 0 radical (unpaired) electrons. The van der Waals surface area contributed by atoms with E-state index in [1.165, 1.54) is 0 Å². The van der Waals surface area contributed by atoms with Crippen molar-refractivity contribution >= 4 is 22.1 Å². The molecule has 0 bridgehead atoms. The van der Waals surface area contributed by atoms with Crippen molar-refractivity contribution in [2.45, 2.75) is 32.9 Å². The fraction of sp³-hybridized carbons (Fsp3) is 0.700. The number of hydrogen-bond acceptors (Lipinski definition) is 4. The van der Waals surface area contributed by atoms with Gasteiger partial charge in [-0.05, 0) is 20.3 Å². The van der Waals surface area contributed by atoms with E-state index in [0.29, 0.717) is 6.04 Å². The summed E-state index contributed by atoms with van der Waals surface area (Å²) in [7, 11) is -0.684. The standard InChI is InChI=1S/C10H18N2OS2/c1-8(4-5-15(3)13)11-6-10-7-14-9(2)12-10/h7-8,11H,4-6H2,1-3H3. The molecular weight excluding hydrogens is 228 g/mol. The van der Waals surface area contributed by atoms with Crippen LogP contribution >= 0.6 is 11.3 Å². The lowest BCUT2D eigenvalue weighted by atomic mass is 10.2. The van der Waals surface area contributed by atoms with Crippen LogP contribution in [0.4, 0.5) is 0 Å². The van der Waals surface area contributed by atoms with E-state index in [4.69, 9.17) is 0 Å². The molecule has 0 fully saturated rings. The van der Waals surface area contributed by atoms with Gasteiger partial charge in [0, 0.05) is 40.8 Å². The average Bonchev–Trinajstić information content (AvgIpc) is 2.58. The fourth-order valence-electron chi connectivity index (χ4n) is 1.21. The Morgan fingerprint density at radius 2 is 2.40 bits per heavy atom. The van der Waals surface area contributed by atoms with Gasteiger partial charge in [0.1, 0.15) is 0 Å². The predicted molar refractivity (Wildman–Crippen MR) is 66.7 cm³/mol. The van der Waals surface area contributed by atoms with Gasteiger partial charge < -0.3 is 5.32 Å². The summed E-state index contributed by atoms with van der Waals surface area (Å²) in [5, 5.41) is 6.56. The summed E-state index contributed by atoms with van der Waals surface area (Å²) in [5.74, 6) is 0.768. The van der Waals surface area contributed by atoms with E-state index in [2.05, 4.69) is 22.6 Å². The van der Waals surface area contributed by atoms with Gasteiger partial charge in [-0.3, -0.25) is 4.21 Å². The van der Waals surface area contributed by atoms with E-state index in [-0.39, 0.29) is 0 Å². The predicted octanol–water partition coefficient (Wildman–Crippen LogP) is 1.70. The zero-order valence-electron chi connectivity index (χ0n) is 9.45. The lowest BCUT2D eigenvalue weighted by Gasteiger charge is -2.11. The minimum Gasteiger partial charge on any atom is -0.309 e. The van der Waals surface area contributed by atoms with Crippen molar-refractivity contribution in [2.24, 2.45) is 0 Å². The van der Waals surface area contributed by atoms with Gasteiger partial charge in [-0.1, -0.05) is 0 Å².